The van der Waals surface area contributed by atoms with E-state index in [0.717, 1.165) is 33.4 Å². The maximum Gasteiger partial charge on any atom is 0.257 e. The summed E-state index contributed by atoms with van der Waals surface area (Å²) in [5, 5.41) is 0.566. The first-order valence-electron chi connectivity index (χ1n) is 8.33. The molecule has 0 saturated carbocycles. The van der Waals surface area contributed by atoms with Crippen LogP contribution in [0.1, 0.15) is 5.56 Å². The molecule has 0 bridgehead atoms. The molecule has 0 amide bonds. The fourth-order valence-electron chi connectivity index (χ4n) is 3.03. The van der Waals surface area contributed by atoms with Gasteiger partial charge >= 0.3 is 0 Å². The van der Waals surface area contributed by atoms with Crippen LogP contribution in [-0.4, -0.2) is 9.97 Å². The highest BCUT2D eigenvalue weighted by Crippen LogP contribution is 2.34. The number of hydrogen-bond donors (Lipinski definition) is 2. The van der Waals surface area contributed by atoms with Gasteiger partial charge in [0.2, 0.25) is 0 Å². The molecule has 4 nitrogen and oxygen atoms in total. The van der Waals surface area contributed by atoms with Crippen molar-refractivity contribution >= 4 is 26.8 Å². The minimum Gasteiger partial charge on any atom is -0.354 e. The summed E-state index contributed by atoms with van der Waals surface area (Å²) in [6, 6.07) is 20.2. The SMILES string of the molecule is [NH3+]Cc1ccc(-c2nc3c(Br)c[nH]c(=O)c3cc2-c2ccccc2)cc1. The molecular formula is C21H17BrN3O+. The molecule has 4 aromatic rings. The fourth-order valence-corrected chi connectivity index (χ4v) is 3.45. The van der Waals surface area contributed by atoms with Crippen molar-refractivity contribution in [1.29, 1.82) is 0 Å². The van der Waals surface area contributed by atoms with E-state index in [1.807, 2.05) is 36.4 Å². The lowest BCUT2D eigenvalue weighted by atomic mass is 9.97. The largest absolute Gasteiger partial charge is 0.354 e. The number of hydrogen-bond acceptors (Lipinski definition) is 2. The van der Waals surface area contributed by atoms with Crippen LogP contribution in [-0.2, 0) is 6.54 Å². The Hall–Kier alpha value is -2.76. The molecule has 2 heterocycles. The summed E-state index contributed by atoms with van der Waals surface area (Å²) in [4.78, 5) is 19.9. The van der Waals surface area contributed by atoms with Crippen molar-refractivity contribution in [2.45, 2.75) is 6.54 Å². The number of quaternary nitrogens is 1. The standard InChI is InChI=1S/C21H16BrN3O/c22-18-12-24-21(26)17-10-16(14-4-2-1-3-5-14)19(25-20(17)18)15-8-6-13(11-23)7-9-15/h1-10,12H,11,23H2,(H,24,26)/p+1. The third-order valence-electron chi connectivity index (χ3n) is 4.42. The fraction of sp³-hybridized carbons (Fsp3) is 0.0476. The first kappa shape index (κ1) is 16.7. The Morgan fingerprint density at radius 2 is 1.73 bits per heavy atom. The minimum atomic E-state index is -0.146. The second-order valence-corrected chi connectivity index (χ2v) is 6.91. The van der Waals surface area contributed by atoms with Crippen LogP contribution >= 0.6 is 15.9 Å². The van der Waals surface area contributed by atoms with Gasteiger partial charge in [-0.25, -0.2) is 4.98 Å². The lowest BCUT2D eigenvalue weighted by molar-refractivity contribution is -0.386. The number of aromatic nitrogens is 2. The summed E-state index contributed by atoms with van der Waals surface area (Å²) in [6.45, 7) is 0.748. The molecule has 0 unspecified atom stereocenters. The van der Waals surface area contributed by atoms with E-state index < -0.39 is 0 Å². The first-order chi connectivity index (χ1) is 12.7. The highest BCUT2D eigenvalue weighted by molar-refractivity contribution is 9.10. The molecule has 2 aromatic heterocycles. The second kappa shape index (κ2) is 6.86. The highest BCUT2D eigenvalue weighted by Gasteiger charge is 2.14. The van der Waals surface area contributed by atoms with Crippen molar-refractivity contribution in [2.75, 3.05) is 0 Å². The van der Waals surface area contributed by atoms with Gasteiger partial charge in [-0.05, 0) is 27.6 Å². The number of nitrogens with one attached hydrogen (secondary N) is 1. The maximum absolute atomic E-state index is 12.3. The highest BCUT2D eigenvalue weighted by atomic mass is 79.9. The predicted octanol–water partition coefficient (Wildman–Crippen LogP) is 3.76. The number of aromatic amines is 1. The summed E-state index contributed by atoms with van der Waals surface area (Å²) < 4.78 is 0.766. The van der Waals surface area contributed by atoms with E-state index in [1.54, 1.807) is 6.20 Å². The Bertz CT molecular complexity index is 1140. The van der Waals surface area contributed by atoms with Crippen molar-refractivity contribution in [2.24, 2.45) is 0 Å². The Kier molecular flexibility index (Phi) is 4.41. The van der Waals surface area contributed by atoms with Crippen molar-refractivity contribution in [1.82, 2.24) is 9.97 Å². The van der Waals surface area contributed by atoms with Crippen LogP contribution in [0.25, 0.3) is 33.3 Å². The molecule has 0 spiro atoms. The van der Waals surface area contributed by atoms with E-state index in [2.05, 4.69) is 50.9 Å². The zero-order chi connectivity index (χ0) is 18.1. The lowest BCUT2D eigenvalue weighted by Gasteiger charge is -2.12. The van der Waals surface area contributed by atoms with Crippen LogP contribution in [0.4, 0.5) is 0 Å². The molecule has 0 atom stereocenters. The van der Waals surface area contributed by atoms with Gasteiger partial charge in [0.25, 0.3) is 5.56 Å². The second-order valence-electron chi connectivity index (χ2n) is 6.06. The van der Waals surface area contributed by atoms with Crippen molar-refractivity contribution in [3.05, 3.63) is 87.3 Å². The topological polar surface area (TPSA) is 73.4 Å². The van der Waals surface area contributed by atoms with E-state index in [9.17, 15) is 4.79 Å². The molecule has 0 radical (unpaired) electrons. The number of nitrogens with zero attached hydrogens (tertiary/aromatic N) is 1. The summed E-state index contributed by atoms with van der Waals surface area (Å²) in [7, 11) is 0. The molecule has 0 aliphatic rings. The van der Waals surface area contributed by atoms with Crippen LogP contribution in [0.2, 0.25) is 0 Å². The van der Waals surface area contributed by atoms with Gasteiger partial charge in [-0.1, -0.05) is 54.6 Å². The zero-order valence-electron chi connectivity index (χ0n) is 14.0. The zero-order valence-corrected chi connectivity index (χ0v) is 15.6. The van der Waals surface area contributed by atoms with Crippen LogP contribution < -0.4 is 11.3 Å². The van der Waals surface area contributed by atoms with Gasteiger partial charge in [0.1, 0.15) is 0 Å². The van der Waals surface area contributed by atoms with E-state index in [4.69, 9.17) is 4.98 Å². The van der Waals surface area contributed by atoms with Gasteiger partial charge in [-0.2, -0.15) is 0 Å². The molecule has 0 aliphatic heterocycles. The van der Waals surface area contributed by atoms with Gasteiger partial charge in [0.15, 0.2) is 0 Å². The molecule has 26 heavy (non-hydrogen) atoms. The Balaban J connectivity index is 2.05. The van der Waals surface area contributed by atoms with Crippen molar-refractivity contribution in [3.63, 3.8) is 0 Å². The number of fused-ring (bicyclic) bond motifs is 1. The Morgan fingerprint density at radius 3 is 2.42 bits per heavy atom. The van der Waals surface area contributed by atoms with Crippen LogP contribution in [0.5, 0.6) is 0 Å². The summed E-state index contributed by atoms with van der Waals surface area (Å²) in [5.41, 5.74) is 9.43. The average Bonchev–Trinajstić information content (AvgIpc) is 2.71. The first-order valence-corrected chi connectivity index (χ1v) is 9.12. The van der Waals surface area contributed by atoms with Gasteiger partial charge in [0.05, 0.1) is 27.6 Å². The molecule has 2 aromatic carbocycles. The monoisotopic (exact) mass is 406 g/mol. The lowest BCUT2D eigenvalue weighted by Crippen LogP contribution is -2.47. The molecule has 5 heteroatoms. The van der Waals surface area contributed by atoms with Gasteiger partial charge in [-0.15, -0.1) is 0 Å². The third-order valence-corrected chi connectivity index (χ3v) is 5.03. The Labute approximate surface area is 158 Å². The molecule has 0 aliphatic carbocycles. The van der Waals surface area contributed by atoms with E-state index >= 15 is 0 Å². The molecule has 4 N–H and O–H groups in total. The molecule has 4 rings (SSSR count). The minimum absolute atomic E-state index is 0.146. The number of pyridine rings is 2. The van der Waals surface area contributed by atoms with Gasteiger partial charge < -0.3 is 10.7 Å². The average molecular weight is 407 g/mol. The molecular weight excluding hydrogens is 390 g/mol. The smallest absolute Gasteiger partial charge is 0.257 e. The van der Waals surface area contributed by atoms with Crippen LogP contribution in [0.15, 0.2) is 76.1 Å². The predicted molar refractivity (Wildman–Crippen MR) is 108 cm³/mol. The molecule has 0 fully saturated rings. The van der Waals surface area contributed by atoms with Gasteiger partial charge in [0, 0.05) is 22.9 Å². The van der Waals surface area contributed by atoms with Gasteiger partial charge in [-0.3, -0.25) is 4.79 Å². The molecule has 128 valence electrons. The van der Waals surface area contributed by atoms with Crippen LogP contribution in [0, 0.1) is 0 Å². The summed E-state index contributed by atoms with van der Waals surface area (Å²) in [6.07, 6.45) is 1.63. The number of halogens is 1. The number of benzene rings is 2. The maximum atomic E-state index is 12.3. The quantitative estimate of drug-likeness (QED) is 0.543. The molecule has 0 saturated heterocycles. The van der Waals surface area contributed by atoms with E-state index in [-0.39, 0.29) is 5.56 Å². The van der Waals surface area contributed by atoms with E-state index in [0.29, 0.717) is 10.9 Å². The normalized spacial score (nSPS) is 11.0. The number of rotatable bonds is 3. The van der Waals surface area contributed by atoms with E-state index in [1.165, 1.54) is 5.56 Å². The number of H-pyrrole nitrogens is 1. The van der Waals surface area contributed by atoms with Crippen molar-refractivity contribution in [3.8, 4) is 22.4 Å². The van der Waals surface area contributed by atoms with Crippen molar-refractivity contribution < 1.29 is 5.73 Å². The van der Waals surface area contributed by atoms with Crippen LogP contribution in [0.3, 0.4) is 0 Å². The summed E-state index contributed by atoms with van der Waals surface area (Å²) in [5.74, 6) is 0. The Morgan fingerprint density at radius 1 is 1.00 bits per heavy atom. The third kappa shape index (κ3) is 2.96. The summed E-state index contributed by atoms with van der Waals surface area (Å²) >= 11 is 3.50.